The summed E-state index contributed by atoms with van der Waals surface area (Å²) in [6, 6.07) is 14.7. The average molecular weight is 226 g/mol. The van der Waals surface area contributed by atoms with Crippen LogP contribution in [-0.4, -0.2) is 5.60 Å². The van der Waals surface area contributed by atoms with E-state index in [-0.39, 0.29) is 5.60 Å². The highest BCUT2D eigenvalue weighted by Gasteiger charge is 2.30. The van der Waals surface area contributed by atoms with Crippen LogP contribution < -0.4 is 4.74 Å². The average Bonchev–Trinajstić information content (AvgIpc) is 2.76. The molecule has 1 fully saturated rings. The predicted molar refractivity (Wildman–Crippen MR) is 71.4 cm³/mol. The molecule has 0 bridgehead atoms. The maximum absolute atomic E-state index is 6.28. The molecule has 0 heterocycles. The Morgan fingerprint density at radius 1 is 0.941 bits per heavy atom. The first-order valence-electron chi connectivity index (χ1n) is 6.44. The molecule has 1 aliphatic rings. The Labute approximate surface area is 102 Å². The molecular formula is C16H18O. The van der Waals surface area contributed by atoms with Gasteiger partial charge in [0.05, 0.1) is 0 Å². The molecule has 1 heteroatoms. The number of hydrogen-bond donors (Lipinski definition) is 0. The Morgan fingerprint density at radius 3 is 2.47 bits per heavy atom. The minimum absolute atomic E-state index is 0.0458. The lowest BCUT2D eigenvalue weighted by atomic mass is 10.0. The lowest BCUT2D eigenvalue weighted by Gasteiger charge is -2.26. The van der Waals surface area contributed by atoms with Gasteiger partial charge in [0.2, 0.25) is 0 Å². The minimum Gasteiger partial charge on any atom is -0.487 e. The first-order chi connectivity index (χ1) is 8.27. The number of ether oxygens (including phenoxy) is 1. The molecule has 1 nitrogen and oxygen atoms in total. The highest BCUT2D eigenvalue weighted by atomic mass is 16.5. The smallest absolute Gasteiger partial charge is 0.127 e. The van der Waals surface area contributed by atoms with Crippen molar-refractivity contribution in [1.82, 2.24) is 0 Å². The lowest BCUT2D eigenvalue weighted by molar-refractivity contribution is 0.0988. The summed E-state index contributed by atoms with van der Waals surface area (Å²) >= 11 is 0. The third-order valence-corrected chi connectivity index (χ3v) is 3.77. The van der Waals surface area contributed by atoms with Gasteiger partial charge in [0.15, 0.2) is 0 Å². The van der Waals surface area contributed by atoms with Gasteiger partial charge in [-0.25, -0.2) is 0 Å². The van der Waals surface area contributed by atoms with Crippen molar-refractivity contribution >= 4 is 10.8 Å². The zero-order valence-corrected chi connectivity index (χ0v) is 10.3. The van der Waals surface area contributed by atoms with Crippen molar-refractivity contribution < 1.29 is 4.74 Å². The van der Waals surface area contributed by atoms with Gasteiger partial charge in [-0.3, -0.25) is 0 Å². The molecule has 0 spiro atoms. The van der Waals surface area contributed by atoms with Gasteiger partial charge in [0, 0.05) is 5.39 Å². The van der Waals surface area contributed by atoms with Crippen LogP contribution in [0.25, 0.3) is 10.8 Å². The molecule has 2 aromatic carbocycles. The summed E-state index contributed by atoms with van der Waals surface area (Å²) in [5.74, 6) is 1.03. The summed E-state index contributed by atoms with van der Waals surface area (Å²) < 4.78 is 6.28. The standard InChI is InChI=1S/C16H18O/c1-16(11-4-5-12-16)17-15-10-6-8-13-7-2-3-9-14(13)15/h2-3,6-10H,4-5,11-12H2,1H3. The fourth-order valence-corrected chi connectivity index (χ4v) is 2.78. The van der Waals surface area contributed by atoms with E-state index in [1.54, 1.807) is 0 Å². The highest BCUT2D eigenvalue weighted by molar-refractivity contribution is 5.88. The molecule has 2 aromatic rings. The second-order valence-electron chi connectivity index (χ2n) is 5.24. The minimum atomic E-state index is 0.0458. The molecular weight excluding hydrogens is 208 g/mol. The second kappa shape index (κ2) is 4.06. The molecule has 0 atom stereocenters. The summed E-state index contributed by atoms with van der Waals surface area (Å²) in [5, 5.41) is 2.48. The van der Waals surface area contributed by atoms with Crippen LogP contribution in [0.1, 0.15) is 32.6 Å². The predicted octanol–water partition coefficient (Wildman–Crippen LogP) is 4.55. The van der Waals surface area contributed by atoms with E-state index in [4.69, 9.17) is 4.74 Å². The van der Waals surface area contributed by atoms with E-state index in [1.165, 1.54) is 36.5 Å². The Morgan fingerprint density at radius 2 is 1.65 bits per heavy atom. The normalized spacial score (nSPS) is 18.4. The van der Waals surface area contributed by atoms with E-state index >= 15 is 0 Å². The largest absolute Gasteiger partial charge is 0.487 e. The fourth-order valence-electron chi connectivity index (χ4n) is 2.78. The number of benzene rings is 2. The zero-order valence-electron chi connectivity index (χ0n) is 10.3. The first kappa shape index (κ1) is 10.6. The molecule has 17 heavy (non-hydrogen) atoms. The van der Waals surface area contributed by atoms with Crippen LogP contribution in [0.15, 0.2) is 42.5 Å². The third-order valence-electron chi connectivity index (χ3n) is 3.77. The molecule has 1 aliphatic carbocycles. The Kier molecular flexibility index (Phi) is 2.54. The molecule has 0 amide bonds. The lowest BCUT2D eigenvalue weighted by Crippen LogP contribution is -2.28. The van der Waals surface area contributed by atoms with Gasteiger partial charge in [-0.15, -0.1) is 0 Å². The maximum atomic E-state index is 6.28. The van der Waals surface area contributed by atoms with Crippen molar-refractivity contribution in [3.8, 4) is 5.75 Å². The summed E-state index contributed by atoms with van der Waals surface area (Å²) in [7, 11) is 0. The van der Waals surface area contributed by atoms with E-state index in [2.05, 4.69) is 49.4 Å². The Hall–Kier alpha value is -1.50. The van der Waals surface area contributed by atoms with E-state index in [1.807, 2.05) is 0 Å². The second-order valence-corrected chi connectivity index (χ2v) is 5.24. The monoisotopic (exact) mass is 226 g/mol. The summed E-state index contributed by atoms with van der Waals surface area (Å²) in [4.78, 5) is 0. The van der Waals surface area contributed by atoms with Crippen LogP contribution in [-0.2, 0) is 0 Å². The van der Waals surface area contributed by atoms with Gasteiger partial charge in [0.25, 0.3) is 0 Å². The number of rotatable bonds is 2. The van der Waals surface area contributed by atoms with E-state index in [9.17, 15) is 0 Å². The van der Waals surface area contributed by atoms with E-state index in [0.717, 1.165) is 5.75 Å². The van der Waals surface area contributed by atoms with Crippen LogP contribution >= 0.6 is 0 Å². The molecule has 0 saturated heterocycles. The van der Waals surface area contributed by atoms with Gasteiger partial charge < -0.3 is 4.74 Å². The molecule has 0 unspecified atom stereocenters. The van der Waals surface area contributed by atoms with E-state index in [0.29, 0.717) is 0 Å². The molecule has 0 aromatic heterocycles. The van der Waals surface area contributed by atoms with Crippen molar-refractivity contribution in [2.45, 2.75) is 38.2 Å². The summed E-state index contributed by atoms with van der Waals surface area (Å²) in [5.41, 5.74) is 0.0458. The van der Waals surface area contributed by atoms with Crippen molar-refractivity contribution in [3.05, 3.63) is 42.5 Å². The van der Waals surface area contributed by atoms with Crippen LogP contribution in [0.3, 0.4) is 0 Å². The van der Waals surface area contributed by atoms with Gasteiger partial charge in [-0.1, -0.05) is 36.4 Å². The van der Waals surface area contributed by atoms with Crippen molar-refractivity contribution in [2.24, 2.45) is 0 Å². The Balaban J connectivity index is 2.00. The quantitative estimate of drug-likeness (QED) is 0.730. The van der Waals surface area contributed by atoms with Gasteiger partial charge in [0.1, 0.15) is 11.4 Å². The summed E-state index contributed by atoms with van der Waals surface area (Å²) in [6.07, 6.45) is 4.94. The van der Waals surface area contributed by atoms with Gasteiger partial charge in [-0.2, -0.15) is 0 Å². The molecule has 0 radical (unpaired) electrons. The van der Waals surface area contributed by atoms with E-state index < -0.39 is 0 Å². The van der Waals surface area contributed by atoms with Crippen molar-refractivity contribution in [3.63, 3.8) is 0 Å². The molecule has 3 rings (SSSR count). The number of fused-ring (bicyclic) bond motifs is 1. The molecule has 0 aliphatic heterocycles. The molecule has 0 N–H and O–H groups in total. The van der Waals surface area contributed by atoms with Gasteiger partial charge >= 0.3 is 0 Å². The molecule has 88 valence electrons. The first-order valence-corrected chi connectivity index (χ1v) is 6.44. The zero-order chi connectivity index (χ0) is 11.7. The topological polar surface area (TPSA) is 9.23 Å². The summed E-state index contributed by atoms with van der Waals surface area (Å²) in [6.45, 7) is 2.24. The van der Waals surface area contributed by atoms with Crippen molar-refractivity contribution in [2.75, 3.05) is 0 Å². The fraction of sp³-hybridized carbons (Fsp3) is 0.375. The van der Waals surface area contributed by atoms with Crippen LogP contribution in [0.2, 0.25) is 0 Å². The maximum Gasteiger partial charge on any atom is 0.127 e. The SMILES string of the molecule is CC1(Oc2cccc3ccccc23)CCCC1. The molecule has 1 saturated carbocycles. The third kappa shape index (κ3) is 2.02. The van der Waals surface area contributed by atoms with Gasteiger partial charge in [-0.05, 0) is 44.1 Å². The van der Waals surface area contributed by atoms with Crippen LogP contribution in [0.4, 0.5) is 0 Å². The van der Waals surface area contributed by atoms with Crippen LogP contribution in [0, 0.1) is 0 Å². The van der Waals surface area contributed by atoms with Crippen molar-refractivity contribution in [1.29, 1.82) is 0 Å². The number of hydrogen-bond acceptors (Lipinski definition) is 1. The highest BCUT2D eigenvalue weighted by Crippen LogP contribution is 2.36. The van der Waals surface area contributed by atoms with Crippen LogP contribution in [0.5, 0.6) is 5.75 Å². The Bertz CT molecular complexity index is 519.